The fourth-order valence-electron chi connectivity index (χ4n) is 13.1. The van der Waals surface area contributed by atoms with E-state index in [-0.39, 0.29) is 28.1 Å². The fourth-order valence-corrected chi connectivity index (χ4v) is 13.1. The highest BCUT2D eigenvalue weighted by molar-refractivity contribution is 5.65. The zero-order chi connectivity index (χ0) is 42.0. The van der Waals surface area contributed by atoms with Gasteiger partial charge in [-0.15, -0.1) is 0 Å². The van der Waals surface area contributed by atoms with Crippen LogP contribution in [0.4, 0.5) is 0 Å². The molecule has 6 fully saturated rings. The first kappa shape index (κ1) is 45.0. The molecule has 13 nitrogen and oxygen atoms in total. The number of ether oxygens (including phenoxy) is 5. The predicted molar refractivity (Wildman–Crippen MR) is 209 cm³/mol. The van der Waals surface area contributed by atoms with Crippen molar-refractivity contribution in [3.8, 4) is 0 Å². The van der Waals surface area contributed by atoms with Gasteiger partial charge in [0.05, 0.1) is 18.8 Å². The van der Waals surface area contributed by atoms with Crippen LogP contribution in [-0.4, -0.2) is 129 Å². The van der Waals surface area contributed by atoms with Crippen LogP contribution in [-0.2, 0) is 28.5 Å². The summed E-state index contributed by atoms with van der Waals surface area (Å²) in [5.41, 5.74) is 2.21. The van der Waals surface area contributed by atoms with E-state index in [1.54, 1.807) is 0 Å². The summed E-state index contributed by atoms with van der Waals surface area (Å²) in [6.45, 7) is 18.5. The van der Waals surface area contributed by atoms with E-state index < -0.39 is 98.2 Å². The number of esters is 1. The highest BCUT2D eigenvalue weighted by Crippen LogP contribution is 2.75. The van der Waals surface area contributed by atoms with Gasteiger partial charge in [0.15, 0.2) is 12.6 Å². The molecule has 57 heavy (non-hydrogen) atoms. The van der Waals surface area contributed by atoms with Gasteiger partial charge in [0.2, 0.25) is 0 Å². The summed E-state index contributed by atoms with van der Waals surface area (Å²) in [5, 5.41) is 76.6. The van der Waals surface area contributed by atoms with Crippen molar-refractivity contribution in [1.29, 1.82) is 0 Å². The van der Waals surface area contributed by atoms with Crippen LogP contribution in [0.15, 0.2) is 23.3 Å². The van der Waals surface area contributed by atoms with E-state index in [2.05, 4.69) is 67.5 Å². The Bertz CT molecular complexity index is 1500. The lowest BCUT2D eigenvalue weighted by atomic mass is 9.35. The van der Waals surface area contributed by atoms with E-state index in [4.69, 9.17) is 23.7 Å². The molecule has 326 valence electrons. The molecule has 6 aliphatic rings. The summed E-state index contributed by atoms with van der Waals surface area (Å²) >= 11 is 0. The maximum atomic E-state index is 12.2. The van der Waals surface area contributed by atoms with Crippen LogP contribution in [0.5, 0.6) is 0 Å². The smallest absolute Gasteiger partial charge is 0.302 e. The van der Waals surface area contributed by atoms with Crippen molar-refractivity contribution in [3.63, 3.8) is 0 Å². The average Bonchev–Trinajstić information content (AvgIpc) is 3.52. The van der Waals surface area contributed by atoms with Crippen LogP contribution in [0.1, 0.15) is 114 Å². The molecule has 4 saturated carbocycles. The molecule has 13 heteroatoms. The van der Waals surface area contributed by atoms with Crippen molar-refractivity contribution in [3.05, 3.63) is 23.3 Å². The molecule has 0 aromatic rings. The lowest BCUT2D eigenvalue weighted by Crippen LogP contribution is -2.67. The van der Waals surface area contributed by atoms with Crippen molar-refractivity contribution in [1.82, 2.24) is 0 Å². The molecule has 7 N–H and O–H groups in total. The first-order valence-electron chi connectivity index (χ1n) is 21.4. The van der Waals surface area contributed by atoms with Gasteiger partial charge in [-0.1, -0.05) is 57.9 Å². The van der Waals surface area contributed by atoms with E-state index >= 15 is 0 Å². The third kappa shape index (κ3) is 7.83. The second-order valence-corrected chi connectivity index (χ2v) is 20.0. The first-order chi connectivity index (χ1) is 26.6. The van der Waals surface area contributed by atoms with Crippen LogP contribution >= 0.6 is 0 Å². The second kappa shape index (κ2) is 16.8. The monoisotopic (exact) mass is 808 g/mol. The van der Waals surface area contributed by atoms with Crippen molar-refractivity contribution in [2.75, 3.05) is 13.2 Å². The van der Waals surface area contributed by atoms with Crippen LogP contribution in [0, 0.1) is 45.3 Å². The van der Waals surface area contributed by atoms with Crippen molar-refractivity contribution in [2.45, 2.75) is 187 Å². The van der Waals surface area contributed by atoms with Gasteiger partial charge in [-0.3, -0.25) is 4.79 Å². The first-order valence-corrected chi connectivity index (χ1v) is 21.4. The summed E-state index contributed by atoms with van der Waals surface area (Å²) in [6, 6.07) is 0. The molecule has 4 aliphatic carbocycles. The molecule has 2 aliphatic heterocycles. The second-order valence-electron chi connectivity index (χ2n) is 20.0. The molecule has 0 radical (unpaired) electrons. The molecule has 6 rings (SSSR count). The third-order valence-electron chi connectivity index (χ3n) is 16.4. The summed E-state index contributed by atoms with van der Waals surface area (Å²) in [4.78, 5) is 11.5. The Balaban J connectivity index is 1.22. The molecule has 0 amide bonds. The maximum absolute atomic E-state index is 12.2. The number of fused-ring (bicyclic) bond motifs is 5. The van der Waals surface area contributed by atoms with E-state index in [1.807, 2.05) is 0 Å². The third-order valence-corrected chi connectivity index (χ3v) is 16.4. The van der Waals surface area contributed by atoms with Gasteiger partial charge in [-0.05, 0) is 117 Å². The van der Waals surface area contributed by atoms with E-state index in [1.165, 1.54) is 18.1 Å². The molecule has 19 atom stereocenters. The van der Waals surface area contributed by atoms with E-state index in [0.29, 0.717) is 18.3 Å². The molecule has 3 unspecified atom stereocenters. The average molecular weight is 809 g/mol. The van der Waals surface area contributed by atoms with E-state index in [9.17, 15) is 40.5 Å². The SMILES string of the molecule is CC(=O)OC[C@H]1O[C@@H](O[C@H]2[C@H](OC3CC[C@]4(C)C5C[C@@H](O)C6[C@@H](/C(C)=C\CC=C(C)C)CC[C@@]6(C)[C@]5(C)CC[C@H]4C3(C)C)O[C@H](CO)[C@@H](O)[C@@H]2O)[C@H](O)[C@@H](O)[C@@H]1O. The number of rotatable bonds is 10. The number of hydrogen-bond donors (Lipinski definition) is 7. The minimum atomic E-state index is -1.78. The summed E-state index contributed by atoms with van der Waals surface area (Å²) in [6.07, 6.45) is -4.05. The van der Waals surface area contributed by atoms with Crippen molar-refractivity contribution >= 4 is 5.97 Å². The molecular formula is C44H72O13. The van der Waals surface area contributed by atoms with Crippen molar-refractivity contribution in [2.24, 2.45) is 45.3 Å². The normalized spacial score (nSPS) is 49.6. The Hall–Kier alpha value is -1.49. The summed E-state index contributed by atoms with van der Waals surface area (Å²) in [7, 11) is 0. The lowest BCUT2D eigenvalue weighted by molar-refractivity contribution is -0.378. The van der Waals surface area contributed by atoms with Gasteiger partial charge in [0, 0.05) is 6.92 Å². The van der Waals surface area contributed by atoms with Gasteiger partial charge in [-0.25, -0.2) is 0 Å². The Morgan fingerprint density at radius 3 is 2.02 bits per heavy atom. The number of carbonyl (C=O) groups is 1. The Labute approximate surface area is 338 Å². The quantitative estimate of drug-likeness (QED) is 0.0961. The fraction of sp³-hybridized carbons (Fsp3) is 0.886. The maximum Gasteiger partial charge on any atom is 0.302 e. The zero-order valence-electron chi connectivity index (χ0n) is 35.5. The van der Waals surface area contributed by atoms with Gasteiger partial charge >= 0.3 is 5.97 Å². The van der Waals surface area contributed by atoms with Crippen LogP contribution in [0.2, 0.25) is 0 Å². The molecule has 0 aromatic heterocycles. The Morgan fingerprint density at radius 1 is 0.719 bits per heavy atom. The Kier molecular flexibility index (Phi) is 13.2. The van der Waals surface area contributed by atoms with Gasteiger partial charge in [0.1, 0.15) is 55.4 Å². The molecule has 2 heterocycles. The highest BCUT2D eigenvalue weighted by atomic mass is 16.8. The van der Waals surface area contributed by atoms with Crippen LogP contribution in [0.25, 0.3) is 0 Å². The standard InChI is InChI=1S/C44H72O13/c1-22(2)11-10-12-23(3)25-13-17-44(9)32(25)26(47)19-30-42(7)16-15-31(41(5,6)29(42)14-18-43(30,44)8)56-40-38(36(51)33(48)27(20-45)54-40)57-39-37(52)35(50)34(49)28(55-39)21-53-24(4)46/h11-12,25-40,45,47-52H,10,13-21H2,1-9H3/b23-12-/t25-,26-,27-,28-,29+,30?,31?,32?,33-,34-,35+,36+,37-,38-,39+,40+,42+,43-,44-/m1/s1. The minimum absolute atomic E-state index is 0.0135. The molecule has 0 bridgehead atoms. The molecule has 2 saturated heterocycles. The lowest BCUT2D eigenvalue weighted by Gasteiger charge is -2.70. The van der Waals surface area contributed by atoms with Crippen LogP contribution in [0.3, 0.4) is 0 Å². The number of aliphatic hydroxyl groups excluding tert-OH is 7. The number of carbonyl (C=O) groups excluding carboxylic acids is 1. The van der Waals surface area contributed by atoms with E-state index in [0.717, 1.165) is 44.9 Å². The van der Waals surface area contributed by atoms with Gasteiger partial charge in [-0.2, -0.15) is 0 Å². The zero-order valence-corrected chi connectivity index (χ0v) is 35.5. The summed E-state index contributed by atoms with van der Waals surface area (Å²) < 4.78 is 29.7. The minimum Gasteiger partial charge on any atom is -0.463 e. The molecule has 0 aromatic carbocycles. The number of hydrogen-bond acceptors (Lipinski definition) is 13. The summed E-state index contributed by atoms with van der Waals surface area (Å²) in [5.74, 6) is 0.447. The van der Waals surface area contributed by atoms with Crippen molar-refractivity contribution < 1.29 is 64.2 Å². The molecular weight excluding hydrogens is 736 g/mol. The highest BCUT2D eigenvalue weighted by Gasteiger charge is 2.70. The Morgan fingerprint density at radius 2 is 1.37 bits per heavy atom. The van der Waals surface area contributed by atoms with Crippen LogP contribution < -0.4 is 0 Å². The van der Waals surface area contributed by atoms with Gasteiger partial charge in [0.25, 0.3) is 0 Å². The topological polar surface area (TPSA) is 205 Å². The number of aliphatic hydroxyl groups is 7. The number of allylic oxidation sites excluding steroid dienone is 4. The molecule has 0 spiro atoms. The van der Waals surface area contributed by atoms with Gasteiger partial charge < -0.3 is 59.4 Å². The largest absolute Gasteiger partial charge is 0.463 e. The predicted octanol–water partition coefficient (Wildman–Crippen LogP) is 3.53.